The third-order valence-electron chi connectivity index (χ3n) is 2.17. The van der Waals surface area contributed by atoms with Crippen molar-refractivity contribution in [1.29, 1.82) is 0 Å². The fraction of sp³-hybridized carbons (Fsp3) is 0.727. The van der Waals surface area contributed by atoms with Crippen LogP contribution in [0.3, 0.4) is 0 Å². The van der Waals surface area contributed by atoms with Crippen molar-refractivity contribution in [2.75, 3.05) is 0 Å². The Kier molecular flexibility index (Phi) is 4.65. The summed E-state index contributed by atoms with van der Waals surface area (Å²) in [7, 11) is 0. The van der Waals surface area contributed by atoms with Crippen LogP contribution in [0.5, 0.6) is 0 Å². The molecule has 0 radical (unpaired) electrons. The minimum atomic E-state index is -1.34. The summed E-state index contributed by atoms with van der Waals surface area (Å²) in [5.74, 6) is -1.17. The molecule has 0 aromatic heterocycles. The number of carbonyl (C=O) groups excluding carboxylic acids is 3. The molecule has 0 heterocycles. The third-order valence-corrected chi connectivity index (χ3v) is 2.17. The second-order valence-electron chi connectivity index (χ2n) is 4.22. The van der Waals surface area contributed by atoms with Gasteiger partial charge in [-0.25, -0.2) is 0 Å². The molecule has 4 nitrogen and oxygen atoms in total. The molecule has 1 unspecified atom stereocenters. The van der Waals surface area contributed by atoms with Gasteiger partial charge in [-0.15, -0.1) is 0 Å². The summed E-state index contributed by atoms with van der Waals surface area (Å²) < 4.78 is 4.97. The van der Waals surface area contributed by atoms with Crippen molar-refractivity contribution >= 4 is 17.5 Å². The summed E-state index contributed by atoms with van der Waals surface area (Å²) in [6.07, 6.45) is -0.392. The van der Waals surface area contributed by atoms with Crippen molar-refractivity contribution < 1.29 is 19.1 Å². The van der Waals surface area contributed by atoms with Gasteiger partial charge in [0.2, 0.25) is 0 Å². The first-order valence-electron chi connectivity index (χ1n) is 4.91. The van der Waals surface area contributed by atoms with Crippen LogP contribution in [-0.2, 0) is 19.1 Å². The molecular formula is C11H18O4. The van der Waals surface area contributed by atoms with Gasteiger partial charge in [0.15, 0.2) is 0 Å². The molecule has 0 rings (SSSR count). The Morgan fingerprint density at radius 1 is 1.20 bits per heavy atom. The van der Waals surface area contributed by atoms with E-state index in [1.54, 1.807) is 13.8 Å². The number of rotatable bonds is 5. The first-order chi connectivity index (χ1) is 6.70. The van der Waals surface area contributed by atoms with Gasteiger partial charge in [0.1, 0.15) is 17.0 Å². The fourth-order valence-corrected chi connectivity index (χ4v) is 1.18. The van der Waals surface area contributed by atoms with E-state index >= 15 is 0 Å². The third kappa shape index (κ3) is 3.81. The average Bonchev–Trinajstić information content (AvgIpc) is 2.00. The van der Waals surface area contributed by atoms with Crippen LogP contribution >= 0.6 is 0 Å². The Morgan fingerprint density at radius 2 is 1.67 bits per heavy atom. The maximum atomic E-state index is 11.7. The average molecular weight is 214 g/mol. The van der Waals surface area contributed by atoms with Gasteiger partial charge in [-0.05, 0) is 34.6 Å². The molecule has 0 N–H and O–H groups in total. The van der Waals surface area contributed by atoms with Crippen LogP contribution in [0.2, 0.25) is 0 Å². The second kappa shape index (κ2) is 5.05. The molecule has 0 saturated heterocycles. The molecule has 15 heavy (non-hydrogen) atoms. The Hall–Kier alpha value is -1.19. The Bertz CT molecular complexity index is 280. The molecular weight excluding hydrogens is 196 g/mol. The molecule has 4 heteroatoms. The quantitative estimate of drug-likeness (QED) is 0.514. The van der Waals surface area contributed by atoms with Crippen LogP contribution in [0.4, 0.5) is 0 Å². The standard InChI is InChI=1S/C11H18O4/c1-7(2)15-10(14)11(5,9(4)13)6-8(3)12/h7H,6H2,1-5H3. The molecule has 1 atom stereocenters. The highest BCUT2D eigenvalue weighted by Gasteiger charge is 2.41. The lowest BCUT2D eigenvalue weighted by molar-refractivity contribution is -0.164. The Labute approximate surface area is 90.0 Å². The van der Waals surface area contributed by atoms with Crippen molar-refractivity contribution in [2.24, 2.45) is 5.41 Å². The van der Waals surface area contributed by atoms with Crippen LogP contribution in [-0.4, -0.2) is 23.6 Å². The van der Waals surface area contributed by atoms with Crippen molar-refractivity contribution in [3.8, 4) is 0 Å². The van der Waals surface area contributed by atoms with Gasteiger partial charge < -0.3 is 4.74 Å². The van der Waals surface area contributed by atoms with Crippen molar-refractivity contribution in [3.63, 3.8) is 0 Å². The number of Topliss-reactive ketones (excluding diaryl/α,β-unsaturated/α-hetero) is 2. The van der Waals surface area contributed by atoms with Gasteiger partial charge in [0, 0.05) is 6.42 Å². The number of ether oxygens (including phenoxy) is 1. The largest absolute Gasteiger partial charge is 0.462 e. The summed E-state index contributed by atoms with van der Waals surface area (Å²) in [6, 6.07) is 0. The number of carbonyl (C=O) groups is 3. The van der Waals surface area contributed by atoms with E-state index in [-0.39, 0.29) is 24.1 Å². The zero-order valence-electron chi connectivity index (χ0n) is 9.92. The molecule has 86 valence electrons. The van der Waals surface area contributed by atoms with E-state index in [9.17, 15) is 14.4 Å². The van der Waals surface area contributed by atoms with Gasteiger partial charge in [0.05, 0.1) is 6.10 Å². The van der Waals surface area contributed by atoms with Crippen LogP contribution < -0.4 is 0 Å². The lowest BCUT2D eigenvalue weighted by atomic mass is 9.81. The molecule has 0 aromatic carbocycles. The van der Waals surface area contributed by atoms with Crippen LogP contribution in [0.1, 0.15) is 41.0 Å². The second-order valence-corrected chi connectivity index (χ2v) is 4.22. The van der Waals surface area contributed by atoms with Gasteiger partial charge >= 0.3 is 5.97 Å². The van der Waals surface area contributed by atoms with E-state index in [0.29, 0.717) is 0 Å². The summed E-state index contributed by atoms with van der Waals surface area (Å²) in [5.41, 5.74) is -1.34. The lowest BCUT2D eigenvalue weighted by Crippen LogP contribution is -2.39. The summed E-state index contributed by atoms with van der Waals surface area (Å²) in [5, 5.41) is 0. The highest BCUT2D eigenvalue weighted by atomic mass is 16.5. The molecule has 0 aliphatic rings. The van der Waals surface area contributed by atoms with E-state index in [2.05, 4.69) is 0 Å². The molecule has 0 fully saturated rings. The van der Waals surface area contributed by atoms with Gasteiger partial charge in [-0.3, -0.25) is 14.4 Å². The Balaban J connectivity index is 4.86. The topological polar surface area (TPSA) is 60.4 Å². The first kappa shape index (κ1) is 13.8. The van der Waals surface area contributed by atoms with Crippen molar-refractivity contribution in [1.82, 2.24) is 0 Å². The summed E-state index contributed by atoms with van der Waals surface area (Å²) in [4.78, 5) is 34.0. The molecule has 0 amide bonds. The normalized spacial score (nSPS) is 14.5. The van der Waals surface area contributed by atoms with E-state index in [0.717, 1.165) is 0 Å². The van der Waals surface area contributed by atoms with E-state index in [4.69, 9.17) is 4.74 Å². The fourth-order valence-electron chi connectivity index (χ4n) is 1.18. The molecule has 0 spiro atoms. The highest BCUT2D eigenvalue weighted by molar-refractivity contribution is 6.05. The van der Waals surface area contributed by atoms with Crippen LogP contribution in [0, 0.1) is 5.41 Å². The molecule has 0 aliphatic carbocycles. The van der Waals surface area contributed by atoms with Crippen molar-refractivity contribution in [2.45, 2.75) is 47.1 Å². The minimum absolute atomic E-state index is 0.103. The number of esters is 1. The number of hydrogen-bond acceptors (Lipinski definition) is 4. The number of ketones is 2. The molecule has 0 aliphatic heterocycles. The Morgan fingerprint density at radius 3 is 1.93 bits per heavy atom. The first-order valence-corrected chi connectivity index (χ1v) is 4.91. The lowest BCUT2D eigenvalue weighted by Gasteiger charge is -2.24. The maximum Gasteiger partial charge on any atom is 0.320 e. The smallest absolute Gasteiger partial charge is 0.320 e. The molecule has 0 aromatic rings. The monoisotopic (exact) mass is 214 g/mol. The minimum Gasteiger partial charge on any atom is -0.462 e. The maximum absolute atomic E-state index is 11.7. The van der Waals surface area contributed by atoms with Gasteiger partial charge in [-0.1, -0.05) is 0 Å². The highest BCUT2D eigenvalue weighted by Crippen LogP contribution is 2.25. The van der Waals surface area contributed by atoms with Crippen LogP contribution in [0.15, 0.2) is 0 Å². The van der Waals surface area contributed by atoms with Crippen molar-refractivity contribution in [3.05, 3.63) is 0 Å². The van der Waals surface area contributed by atoms with E-state index in [1.807, 2.05) is 0 Å². The van der Waals surface area contributed by atoms with E-state index < -0.39 is 11.4 Å². The summed E-state index contributed by atoms with van der Waals surface area (Å²) >= 11 is 0. The molecule has 0 saturated carbocycles. The van der Waals surface area contributed by atoms with Gasteiger partial charge in [-0.2, -0.15) is 0 Å². The number of hydrogen-bond donors (Lipinski definition) is 0. The van der Waals surface area contributed by atoms with E-state index in [1.165, 1.54) is 20.8 Å². The SMILES string of the molecule is CC(=O)CC(C)(C(C)=O)C(=O)OC(C)C. The zero-order chi connectivity index (χ0) is 12.2. The van der Waals surface area contributed by atoms with Gasteiger partial charge in [0.25, 0.3) is 0 Å². The molecule has 0 bridgehead atoms. The van der Waals surface area contributed by atoms with Crippen LogP contribution in [0.25, 0.3) is 0 Å². The predicted octanol–water partition coefficient (Wildman–Crippen LogP) is 1.51. The summed E-state index contributed by atoms with van der Waals surface area (Å²) in [6.45, 7) is 7.49. The zero-order valence-corrected chi connectivity index (χ0v) is 9.92. The predicted molar refractivity (Wildman–Crippen MR) is 55.3 cm³/mol.